The lowest BCUT2D eigenvalue weighted by Gasteiger charge is -2.33. The van der Waals surface area contributed by atoms with Gasteiger partial charge >= 0.3 is 6.09 Å². The van der Waals surface area contributed by atoms with E-state index in [0.717, 1.165) is 0 Å². The molecule has 1 aliphatic rings. The molecule has 1 rings (SSSR count). The third-order valence-electron chi connectivity index (χ3n) is 2.16. The summed E-state index contributed by atoms with van der Waals surface area (Å²) in [5.74, 6) is -0.246. The number of halogens is 1. The van der Waals surface area contributed by atoms with Gasteiger partial charge in [0.1, 0.15) is 6.04 Å². The van der Waals surface area contributed by atoms with E-state index in [4.69, 9.17) is 11.6 Å². The molecule has 5 nitrogen and oxygen atoms in total. The Morgan fingerprint density at radius 2 is 2.36 bits per heavy atom. The molecule has 1 heterocycles. The van der Waals surface area contributed by atoms with Crippen LogP contribution in [0.4, 0.5) is 4.79 Å². The van der Waals surface area contributed by atoms with Gasteiger partial charge in [-0.3, -0.25) is 9.69 Å². The number of carbonyl (C=O) groups excluding carboxylic acids is 2. The first kappa shape index (κ1) is 11.3. The van der Waals surface area contributed by atoms with Gasteiger partial charge in [0, 0.05) is 19.6 Å². The Bertz CT molecular complexity index is 211. The van der Waals surface area contributed by atoms with Gasteiger partial charge in [0.2, 0.25) is 0 Å². The van der Waals surface area contributed by atoms with E-state index < -0.39 is 12.1 Å². The van der Waals surface area contributed by atoms with Gasteiger partial charge in [-0.05, 0) is 0 Å². The van der Waals surface area contributed by atoms with Crippen LogP contribution in [0.1, 0.15) is 0 Å². The highest BCUT2D eigenvalue weighted by molar-refractivity contribution is 6.28. The number of methoxy groups -OCH3 is 1. The van der Waals surface area contributed by atoms with E-state index in [1.165, 1.54) is 12.0 Å². The van der Waals surface area contributed by atoms with Gasteiger partial charge < -0.3 is 10.1 Å². The van der Waals surface area contributed by atoms with Crippen LogP contribution in [-0.2, 0) is 9.53 Å². The van der Waals surface area contributed by atoms with Crippen molar-refractivity contribution in [2.75, 3.05) is 32.6 Å². The number of Topliss-reactive ketones (excluding diaryl/α,β-unsaturated/α-hetero) is 1. The predicted octanol–water partition coefficient (Wildman–Crippen LogP) is -0.165. The van der Waals surface area contributed by atoms with Crippen molar-refractivity contribution >= 4 is 23.5 Å². The number of hydrogen-bond donors (Lipinski definition) is 1. The first-order valence-electron chi connectivity index (χ1n) is 4.34. The van der Waals surface area contributed by atoms with Gasteiger partial charge in [-0.2, -0.15) is 0 Å². The molecule has 1 aliphatic heterocycles. The number of amides is 1. The Labute approximate surface area is 87.3 Å². The zero-order chi connectivity index (χ0) is 10.6. The summed E-state index contributed by atoms with van der Waals surface area (Å²) in [6.45, 7) is 1.59. The van der Waals surface area contributed by atoms with Gasteiger partial charge in [-0.25, -0.2) is 4.79 Å². The number of ketones is 1. The van der Waals surface area contributed by atoms with E-state index in [1.54, 1.807) is 0 Å². The molecular weight excluding hydrogens is 208 g/mol. The van der Waals surface area contributed by atoms with Crippen LogP contribution in [0.5, 0.6) is 0 Å². The van der Waals surface area contributed by atoms with Crippen LogP contribution in [0, 0.1) is 0 Å². The molecule has 1 fully saturated rings. The highest BCUT2D eigenvalue weighted by atomic mass is 35.5. The van der Waals surface area contributed by atoms with E-state index in [-0.39, 0.29) is 11.7 Å². The van der Waals surface area contributed by atoms with Crippen molar-refractivity contribution in [2.45, 2.75) is 6.04 Å². The zero-order valence-corrected chi connectivity index (χ0v) is 8.71. The van der Waals surface area contributed by atoms with Gasteiger partial charge in [0.05, 0.1) is 13.0 Å². The van der Waals surface area contributed by atoms with Gasteiger partial charge in [-0.1, -0.05) is 0 Å². The molecule has 0 spiro atoms. The molecule has 0 radical (unpaired) electrons. The van der Waals surface area contributed by atoms with Crippen molar-refractivity contribution in [2.24, 2.45) is 0 Å². The molecule has 80 valence electrons. The van der Waals surface area contributed by atoms with Crippen LogP contribution in [0.15, 0.2) is 0 Å². The van der Waals surface area contributed by atoms with Crippen molar-refractivity contribution in [1.82, 2.24) is 10.2 Å². The van der Waals surface area contributed by atoms with Crippen molar-refractivity contribution in [1.29, 1.82) is 0 Å². The van der Waals surface area contributed by atoms with Crippen LogP contribution in [0.3, 0.4) is 0 Å². The number of ether oxygens (including phenoxy) is 1. The second-order valence-corrected chi connectivity index (χ2v) is 3.25. The van der Waals surface area contributed by atoms with Crippen molar-refractivity contribution in [3.63, 3.8) is 0 Å². The highest BCUT2D eigenvalue weighted by Crippen LogP contribution is 2.07. The Morgan fingerprint density at radius 1 is 1.64 bits per heavy atom. The van der Waals surface area contributed by atoms with Crippen LogP contribution in [0.25, 0.3) is 0 Å². The van der Waals surface area contributed by atoms with Crippen LogP contribution in [0.2, 0.25) is 0 Å². The number of nitrogens with one attached hydrogen (secondary N) is 1. The molecule has 6 heteroatoms. The van der Waals surface area contributed by atoms with Crippen LogP contribution >= 0.6 is 11.6 Å². The molecule has 0 bridgehead atoms. The number of hydrogen-bond acceptors (Lipinski definition) is 4. The normalized spacial score (nSPS) is 21.9. The maximum absolute atomic E-state index is 11.4. The third kappa shape index (κ3) is 2.36. The molecule has 1 unspecified atom stereocenters. The molecule has 1 amide bonds. The lowest BCUT2D eigenvalue weighted by Crippen LogP contribution is -2.57. The monoisotopic (exact) mass is 220 g/mol. The Kier molecular flexibility index (Phi) is 4.16. The molecule has 0 saturated carbocycles. The minimum Gasteiger partial charge on any atom is -0.453 e. The molecule has 1 N–H and O–H groups in total. The summed E-state index contributed by atoms with van der Waals surface area (Å²) in [6, 6.07) is -0.492. The zero-order valence-electron chi connectivity index (χ0n) is 7.96. The third-order valence-corrected chi connectivity index (χ3v) is 2.42. The molecule has 0 aromatic carbocycles. The predicted molar refractivity (Wildman–Crippen MR) is 51.5 cm³/mol. The molecule has 0 aliphatic carbocycles. The van der Waals surface area contributed by atoms with E-state index in [1.807, 2.05) is 0 Å². The number of piperazine rings is 1. The van der Waals surface area contributed by atoms with Gasteiger partial charge in [0.15, 0.2) is 5.78 Å². The van der Waals surface area contributed by atoms with Crippen molar-refractivity contribution < 1.29 is 14.3 Å². The van der Waals surface area contributed by atoms with E-state index in [9.17, 15) is 9.59 Å². The lowest BCUT2D eigenvalue weighted by atomic mass is 10.1. The Hall–Kier alpha value is -0.810. The standard InChI is InChI=1S/C8H13ClN2O3/c1-14-8(13)11-3-2-10-5-6(11)7(12)4-9/h6,10H,2-5H2,1H3. The Balaban J connectivity index is 2.68. The fraction of sp³-hybridized carbons (Fsp3) is 0.750. The summed E-state index contributed by atoms with van der Waals surface area (Å²) < 4.78 is 4.58. The summed E-state index contributed by atoms with van der Waals surface area (Å²) in [4.78, 5) is 24.1. The largest absolute Gasteiger partial charge is 0.453 e. The summed E-state index contributed by atoms with van der Waals surface area (Å²) in [5.41, 5.74) is 0. The summed E-state index contributed by atoms with van der Waals surface area (Å²) in [7, 11) is 1.30. The fourth-order valence-electron chi connectivity index (χ4n) is 1.42. The van der Waals surface area contributed by atoms with E-state index in [0.29, 0.717) is 19.6 Å². The SMILES string of the molecule is COC(=O)N1CCNCC1C(=O)CCl. The van der Waals surface area contributed by atoms with Crippen molar-refractivity contribution in [3.05, 3.63) is 0 Å². The molecular formula is C8H13ClN2O3. The smallest absolute Gasteiger partial charge is 0.410 e. The minimum absolute atomic E-state index is 0.0835. The first-order chi connectivity index (χ1) is 6.70. The van der Waals surface area contributed by atoms with Gasteiger partial charge in [-0.15, -0.1) is 11.6 Å². The van der Waals surface area contributed by atoms with Gasteiger partial charge in [0.25, 0.3) is 0 Å². The maximum atomic E-state index is 11.4. The fourth-order valence-corrected chi connectivity index (χ4v) is 1.59. The molecule has 0 aromatic rings. The number of alkyl halides is 1. The molecule has 1 saturated heterocycles. The van der Waals surface area contributed by atoms with E-state index in [2.05, 4.69) is 10.1 Å². The highest BCUT2D eigenvalue weighted by Gasteiger charge is 2.31. The quantitative estimate of drug-likeness (QED) is 0.657. The molecule has 14 heavy (non-hydrogen) atoms. The van der Waals surface area contributed by atoms with Crippen molar-refractivity contribution in [3.8, 4) is 0 Å². The maximum Gasteiger partial charge on any atom is 0.410 e. The number of carbonyl (C=O) groups is 2. The Morgan fingerprint density at radius 3 is 2.93 bits per heavy atom. The number of rotatable bonds is 2. The number of nitrogens with zero attached hydrogens (tertiary/aromatic N) is 1. The van der Waals surface area contributed by atoms with E-state index >= 15 is 0 Å². The topological polar surface area (TPSA) is 58.6 Å². The summed E-state index contributed by atoms with van der Waals surface area (Å²) in [6.07, 6.45) is -0.477. The summed E-state index contributed by atoms with van der Waals surface area (Å²) in [5, 5.41) is 3.03. The van der Waals surface area contributed by atoms with Crippen LogP contribution < -0.4 is 5.32 Å². The summed E-state index contributed by atoms with van der Waals surface area (Å²) >= 11 is 5.44. The second kappa shape index (κ2) is 5.17. The lowest BCUT2D eigenvalue weighted by molar-refractivity contribution is -0.121. The second-order valence-electron chi connectivity index (χ2n) is 2.98. The molecule has 0 aromatic heterocycles. The average Bonchev–Trinajstić information content (AvgIpc) is 2.27. The minimum atomic E-state index is -0.492. The first-order valence-corrected chi connectivity index (χ1v) is 4.88. The van der Waals surface area contributed by atoms with Crippen LogP contribution in [-0.4, -0.2) is 55.4 Å². The molecule has 1 atom stereocenters. The average molecular weight is 221 g/mol.